The molecule has 2 N–H and O–H groups in total. The van der Waals surface area contributed by atoms with Crippen LogP contribution in [0.1, 0.15) is 20.8 Å². The Hall–Kier alpha value is -0.170. The van der Waals surface area contributed by atoms with Crippen LogP contribution in [-0.2, 0) is 0 Å². The molecule has 1 nitrogen and oxygen atoms in total. The van der Waals surface area contributed by atoms with E-state index < -0.39 is 0 Å². The quantitative estimate of drug-likeness (QED) is 0.583. The molecule has 0 heterocycles. The molecule has 0 saturated heterocycles. The van der Waals surface area contributed by atoms with E-state index in [1.54, 1.807) is 6.92 Å². The summed E-state index contributed by atoms with van der Waals surface area (Å²) in [5, 5.41) is 0.708. The van der Waals surface area contributed by atoms with Gasteiger partial charge in [0.2, 0.25) is 0 Å². The molecule has 0 aromatic carbocycles. The minimum Gasteiger partial charge on any atom is -0.401 e. The molecule has 0 aromatic rings. The highest BCUT2D eigenvalue weighted by Gasteiger charge is 1.98. The molecule has 0 aromatic heterocycles. The molecule has 2 heteroatoms. The van der Waals surface area contributed by atoms with Crippen molar-refractivity contribution in [3.63, 3.8) is 0 Å². The third kappa shape index (κ3) is 2.22. The monoisotopic (exact) mass is 133 g/mol. The molecular formula is C6H12ClN. The van der Waals surface area contributed by atoms with Crippen LogP contribution in [0.3, 0.4) is 0 Å². The van der Waals surface area contributed by atoms with E-state index in [-0.39, 0.29) is 0 Å². The number of hydrogen-bond donors (Lipinski definition) is 1. The molecule has 0 amide bonds. The van der Waals surface area contributed by atoms with Gasteiger partial charge < -0.3 is 5.73 Å². The van der Waals surface area contributed by atoms with Gasteiger partial charge in [0.1, 0.15) is 0 Å². The second kappa shape index (κ2) is 2.98. The summed E-state index contributed by atoms with van der Waals surface area (Å²) in [5.41, 5.74) is 6.29. The first-order valence-corrected chi connectivity index (χ1v) is 3.05. The van der Waals surface area contributed by atoms with Gasteiger partial charge in [-0.15, -0.1) is 0 Å². The zero-order chi connectivity index (χ0) is 6.73. The van der Waals surface area contributed by atoms with Crippen molar-refractivity contribution in [1.29, 1.82) is 0 Å². The van der Waals surface area contributed by atoms with Gasteiger partial charge in [0.25, 0.3) is 0 Å². The van der Waals surface area contributed by atoms with Crippen LogP contribution in [0.25, 0.3) is 0 Å². The van der Waals surface area contributed by atoms with Crippen LogP contribution in [-0.4, -0.2) is 0 Å². The number of halogens is 1. The van der Waals surface area contributed by atoms with Crippen molar-refractivity contribution in [2.45, 2.75) is 20.8 Å². The Labute approximate surface area is 55.5 Å². The van der Waals surface area contributed by atoms with E-state index in [1.165, 1.54) is 0 Å². The van der Waals surface area contributed by atoms with Crippen molar-refractivity contribution in [2.24, 2.45) is 11.7 Å². The summed E-state index contributed by atoms with van der Waals surface area (Å²) in [6, 6.07) is 0. The Morgan fingerprint density at radius 3 is 1.88 bits per heavy atom. The summed E-state index contributed by atoms with van der Waals surface area (Å²) in [4.78, 5) is 0. The summed E-state index contributed by atoms with van der Waals surface area (Å²) >= 11 is 5.58. The Morgan fingerprint density at radius 1 is 1.50 bits per heavy atom. The van der Waals surface area contributed by atoms with Crippen molar-refractivity contribution in [2.75, 3.05) is 0 Å². The summed E-state index contributed by atoms with van der Waals surface area (Å²) in [6.45, 7) is 5.83. The number of nitrogens with two attached hydrogens (primary N) is 1. The second-order valence-electron chi connectivity index (χ2n) is 2.14. The molecule has 0 atom stereocenters. The fourth-order valence-electron chi connectivity index (χ4n) is 0.398. The Balaban J connectivity index is 4.00. The maximum atomic E-state index is 5.58. The molecule has 0 bridgehead atoms. The van der Waals surface area contributed by atoms with Crippen LogP contribution < -0.4 is 5.73 Å². The predicted molar refractivity (Wildman–Crippen MR) is 37.6 cm³/mol. The van der Waals surface area contributed by atoms with E-state index in [0.29, 0.717) is 11.0 Å². The van der Waals surface area contributed by atoms with Gasteiger partial charge in [-0.1, -0.05) is 25.4 Å². The van der Waals surface area contributed by atoms with Crippen molar-refractivity contribution < 1.29 is 0 Å². The van der Waals surface area contributed by atoms with Gasteiger partial charge in [-0.25, -0.2) is 0 Å². The van der Waals surface area contributed by atoms with Crippen LogP contribution in [0.15, 0.2) is 10.7 Å². The van der Waals surface area contributed by atoms with Gasteiger partial charge in [0.15, 0.2) is 0 Å². The third-order valence-electron chi connectivity index (χ3n) is 1.02. The lowest BCUT2D eigenvalue weighted by atomic mass is 10.1. The smallest absolute Gasteiger partial charge is 0.0339 e. The van der Waals surface area contributed by atoms with Crippen molar-refractivity contribution in [3.8, 4) is 0 Å². The zero-order valence-corrected chi connectivity index (χ0v) is 6.29. The van der Waals surface area contributed by atoms with Crippen LogP contribution in [0, 0.1) is 5.92 Å². The first-order chi connectivity index (χ1) is 3.55. The van der Waals surface area contributed by atoms with Gasteiger partial charge >= 0.3 is 0 Å². The first-order valence-electron chi connectivity index (χ1n) is 2.67. The minimum absolute atomic E-state index is 0.368. The molecule has 0 aliphatic carbocycles. The molecule has 0 unspecified atom stereocenters. The van der Waals surface area contributed by atoms with E-state index in [2.05, 4.69) is 0 Å². The van der Waals surface area contributed by atoms with Crippen molar-refractivity contribution in [3.05, 3.63) is 10.7 Å². The second-order valence-corrected chi connectivity index (χ2v) is 2.71. The Morgan fingerprint density at radius 2 is 1.88 bits per heavy atom. The van der Waals surface area contributed by atoms with Gasteiger partial charge in [0, 0.05) is 10.7 Å². The lowest BCUT2D eigenvalue weighted by Crippen LogP contribution is -2.05. The summed E-state index contributed by atoms with van der Waals surface area (Å²) < 4.78 is 0. The van der Waals surface area contributed by atoms with E-state index in [4.69, 9.17) is 17.3 Å². The highest BCUT2D eigenvalue weighted by molar-refractivity contribution is 6.29. The topological polar surface area (TPSA) is 26.0 Å². The summed E-state index contributed by atoms with van der Waals surface area (Å²) in [6.07, 6.45) is 0. The average molecular weight is 134 g/mol. The Kier molecular flexibility index (Phi) is 2.91. The van der Waals surface area contributed by atoms with Gasteiger partial charge in [-0.05, 0) is 12.8 Å². The number of rotatable bonds is 1. The van der Waals surface area contributed by atoms with Crippen molar-refractivity contribution >= 4 is 11.6 Å². The molecular weight excluding hydrogens is 122 g/mol. The summed E-state index contributed by atoms with van der Waals surface area (Å²) in [7, 11) is 0. The molecule has 0 rings (SSSR count). The van der Waals surface area contributed by atoms with E-state index >= 15 is 0 Å². The lowest BCUT2D eigenvalue weighted by molar-refractivity contribution is 0.752. The molecule has 0 aliphatic rings. The van der Waals surface area contributed by atoms with E-state index in [0.717, 1.165) is 5.70 Å². The summed E-state index contributed by atoms with van der Waals surface area (Å²) in [5.74, 6) is 0.368. The molecule has 0 aliphatic heterocycles. The van der Waals surface area contributed by atoms with E-state index in [9.17, 15) is 0 Å². The molecule has 8 heavy (non-hydrogen) atoms. The standard InChI is InChI=1S/C6H12ClN/c1-4(2)6(8)5(3)7/h4H,8H2,1-3H3/b6-5-. The molecule has 0 spiro atoms. The fraction of sp³-hybridized carbons (Fsp3) is 0.667. The highest BCUT2D eigenvalue weighted by atomic mass is 35.5. The van der Waals surface area contributed by atoms with Gasteiger partial charge in [-0.2, -0.15) is 0 Å². The third-order valence-corrected chi connectivity index (χ3v) is 1.24. The lowest BCUT2D eigenvalue weighted by Gasteiger charge is -2.04. The predicted octanol–water partition coefficient (Wildman–Crippen LogP) is 2.07. The molecule has 48 valence electrons. The maximum Gasteiger partial charge on any atom is 0.0339 e. The largest absolute Gasteiger partial charge is 0.401 e. The molecule has 0 radical (unpaired) electrons. The van der Waals surface area contributed by atoms with Gasteiger partial charge in [-0.3, -0.25) is 0 Å². The molecule has 0 saturated carbocycles. The normalized spacial score (nSPS) is 14.1. The van der Waals surface area contributed by atoms with Crippen LogP contribution in [0.5, 0.6) is 0 Å². The number of allylic oxidation sites excluding steroid dienone is 2. The van der Waals surface area contributed by atoms with Crippen LogP contribution in [0.4, 0.5) is 0 Å². The highest BCUT2D eigenvalue weighted by Crippen LogP contribution is 2.10. The van der Waals surface area contributed by atoms with Crippen molar-refractivity contribution in [1.82, 2.24) is 0 Å². The molecule has 0 fully saturated rings. The fourth-order valence-corrected chi connectivity index (χ4v) is 0.616. The number of hydrogen-bond acceptors (Lipinski definition) is 1. The Bertz CT molecular complexity index is 101. The first kappa shape index (κ1) is 7.83. The van der Waals surface area contributed by atoms with Gasteiger partial charge in [0.05, 0.1) is 0 Å². The van der Waals surface area contributed by atoms with Crippen LogP contribution >= 0.6 is 11.6 Å². The SMILES string of the molecule is C/C(Cl)=C(/N)C(C)C. The average Bonchev–Trinajstić information content (AvgIpc) is 1.64. The minimum atomic E-state index is 0.368. The van der Waals surface area contributed by atoms with Crippen LogP contribution in [0.2, 0.25) is 0 Å². The maximum absolute atomic E-state index is 5.58. The van der Waals surface area contributed by atoms with E-state index in [1.807, 2.05) is 13.8 Å². The zero-order valence-electron chi connectivity index (χ0n) is 5.53.